The van der Waals surface area contributed by atoms with E-state index in [-0.39, 0.29) is 18.1 Å². The maximum Gasteiger partial charge on any atom is 0.330 e. The number of nitrogen functional groups attached to an aromatic ring is 1. The standard InChI is InChI=1S/C26H30N4O4/c1-4-5-15-29-24(27)23(25(32)28-26(29)33)30(17-20-11-6-7-12-21(20)34-3)22(31)14-13-19-10-8-9-18(2)16-19/h6-14,16H,4-5,15,17,27H2,1-3H3,(H,28,32,33)/b14-13+. The molecule has 1 aromatic heterocycles. The minimum atomic E-state index is -0.720. The van der Waals surface area contributed by atoms with Gasteiger partial charge >= 0.3 is 5.69 Å². The van der Waals surface area contributed by atoms with Gasteiger partial charge in [-0.1, -0.05) is 61.4 Å². The van der Waals surface area contributed by atoms with Gasteiger partial charge in [-0.25, -0.2) is 4.79 Å². The molecule has 1 amide bonds. The lowest BCUT2D eigenvalue weighted by molar-refractivity contribution is -0.114. The number of hydrogen-bond acceptors (Lipinski definition) is 5. The third kappa shape index (κ3) is 5.64. The highest BCUT2D eigenvalue weighted by Gasteiger charge is 2.24. The first kappa shape index (κ1) is 24.6. The second-order valence-corrected chi connectivity index (χ2v) is 7.98. The Morgan fingerprint density at radius 2 is 1.94 bits per heavy atom. The molecule has 3 rings (SSSR count). The Kier molecular flexibility index (Phi) is 8.08. The fourth-order valence-electron chi connectivity index (χ4n) is 3.68. The largest absolute Gasteiger partial charge is 0.496 e. The van der Waals surface area contributed by atoms with E-state index in [9.17, 15) is 14.4 Å². The molecule has 0 aliphatic heterocycles. The van der Waals surface area contributed by atoms with E-state index in [4.69, 9.17) is 10.5 Å². The number of H-pyrrole nitrogens is 1. The number of benzene rings is 2. The number of hydrogen-bond donors (Lipinski definition) is 2. The number of methoxy groups -OCH3 is 1. The second-order valence-electron chi connectivity index (χ2n) is 7.98. The van der Waals surface area contributed by atoms with Crippen LogP contribution in [0, 0.1) is 6.92 Å². The maximum atomic E-state index is 13.4. The number of aromatic amines is 1. The van der Waals surface area contributed by atoms with Crippen LogP contribution in [0.15, 0.2) is 64.2 Å². The number of anilines is 2. The van der Waals surface area contributed by atoms with Gasteiger partial charge < -0.3 is 10.5 Å². The summed E-state index contributed by atoms with van der Waals surface area (Å²) in [5.74, 6) is 0.0666. The molecule has 0 unspecified atom stereocenters. The molecule has 3 N–H and O–H groups in total. The number of carbonyl (C=O) groups excluding carboxylic acids is 1. The number of ether oxygens (including phenoxy) is 1. The lowest BCUT2D eigenvalue weighted by atomic mass is 10.1. The third-order valence-electron chi connectivity index (χ3n) is 5.47. The molecule has 0 bridgehead atoms. The molecule has 178 valence electrons. The molecule has 0 fully saturated rings. The maximum absolute atomic E-state index is 13.4. The second kappa shape index (κ2) is 11.2. The van der Waals surface area contributed by atoms with Crippen molar-refractivity contribution in [3.63, 3.8) is 0 Å². The number of aryl methyl sites for hydroxylation is 1. The molecule has 0 saturated heterocycles. The van der Waals surface area contributed by atoms with Crippen molar-refractivity contribution in [2.45, 2.75) is 39.8 Å². The van der Waals surface area contributed by atoms with Crippen LogP contribution in [0.3, 0.4) is 0 Å². The van der Waals surface area contributed by atoms with Crippen molar-refractivity contribution in [1.82, 2.24) is 9.55 Å². The van der Waals surface area contributed by atoms with E-state index in [0.717, 1.165) is 17.5 Å². The molecule has 0 saturated carbocycles. The van der Waals surface area contributed by atoms with E-state index < -0.39 is 17.2 Å². The van der Waals surface area contributed by atoms with Gasteiger partial charge in [0.2, 0.25) is 0 Å². The number of amides is 1. The number of para-hydroxylation sites is 1. The van der Waals surface area contributed by atoms with Crippen molar-refractivity contribution in [3.05, 3.63) is 92.1 Å². The summed E-state index contributed by atoms with van der Waals surface area (Å²) in [6.45, 7) is 4.31. The monoisotopic (exact) mass is 462 g/mol. The minimum Gasteiger partial charge on any atom is -0.496 e. The molecule has 0 radical (unpaired) electrons. The average Bonchev–Trinajstić information content (AvgIpc) is 2.82. The van der Waals surface area contributed by atoms with Crippen LogP contribution < -0.4 is 26.6 Å². The molecule has 34 heavy (non-hydrogen) atoms. The Morgan fingerprint density at radius 1 is 1.18 bits per heavy atom. The van der Waals surface area contributed by atoms with Crippen molar-refractivity contribution >= 4 is 23.5 Å². The summed E-state index contributed by atoms with van der Waals surface area (Å²) in [6.07, 6.45) is 4.61. The Morgan fingerprint density at radius 3 is 2.65 bits per heavy atom. The van der Waals surface area contributed by atoms with E-state index in [0.29, 0.717) is 24.3 Å². The Labute approximate surface area is 198 Å². The number of nitrogens with zero attached hydrogens (tertiary/aromatic N) is 2. The van der Waals surface area contributed by atoms with Crippen LogP contribution in [-0.4, -0.2) is 22.6 Å². The summed E-state index contributed by atoms with van der Waals surface area (Å²) in [5, 5.41) is 0. The van der Waals surface area contributed by atoms with E-state index in [1.807, 2.05) is 50.2 Å². The van der Waals surface area contributed by atoms with Gasteiger partial charge in [-0.15, -0.1) is 0 Å². The van der Waals surface area contributed by atoms with Crippen molar-refractivity contribution in [3.8, 4) is 5.75 Å². The highest BCUT2D eigenvalue weighted by atomic mass is 16.5. The first-order chi connectivity index (χ1) is 16.3. The molecule has 2 aromatic carbocycles. The summed E-state index contributed by atoms with van der Waals surface area (Å²) in [7, 11) is 1.54. The topological polar surface area (TPSA) is 110 Å². The number of nitrogens with two attached hydrogens (primary N) is 1. The smallest absolute Gasteiger partial charge is 0.330 e. The summed E-state index contributed by atoms with van der Waals surface area (Å²) in [5.41, 5.74) is 7.52. The molecule has 8 nitrogen and oxygen atoms in total. The number of rotatable bonds is 9. The molecule has 3 aromatic rings. The number of nitrogens with one attached hydrogen (secondary N) is 1. The summed E-state index contributed by atoms with van der Waals surface area (Å²) in [4.78, 5) is 42.3. The third-order valence-corrected chi connectivity index (χ3v) is 5.47. The Hall–Kier alpha value is -4.07. The lowest BCUT2D eigenvalue weighted by Crippen LogP contribution is -2.40. The van der Waals surface area contributed by atoms with Crippen LogP contribution in [-0.2, 0) is 17.9 Å². The fraction of sp³-hybridized carbons (Fsp3) is 0.269. The van der Waals surface area contributed by atoms with Crippen molar-refractivity contribution < 1.29 is 9.53 Å². The van der Waals surface area contributed by atoms with Gasteiger partial charge in [-0.3, -0.25) is 24.0 Å². The van der Waals surface area contributed by atoms with Crippen LogP contribution in [0.5, 0.6) is 5.75 Å². The molecule has 0 aliphatic rings. The van der Waals surface area contributed by atoms with E-state index >= 15 is 0 Å². The highest BCUT2D eigenvalue weighted by molar-refractivity contribution is 6.05. The zero-order valence-electron chi connectivity index (χ0n) is 19.7. The molecule has 1 heterocycles. The quantitative estimate of drug-likeness (QED) is 0.473. The van der Waals surface area contributed by atoms with Crippen molar-refractivity contribution in [2.24, 2.45) is 0 Å². The summed E-state index contributed by atoms with van der Waals surface area (Å²) < 4.78 is 6.73. The highest BCUT2D eigenvalue weighted by Crippen LogP contribution is 2.25. The number of unbranched alkanes of at least 4 members (excludes halogenated alkanes) is 1. The molecular weight excluding hydrogens is 432 g/mol. The van der Waals surface area contributed by atoms with Crippen LogP contribution in [0.2, 0.25) is 0 Å². The average molecular weight is 463 g/mol. The number of carbonyl (C=O) groups is 1. The van der Waals surface area contributed by atoms with E-state index in [2.05, 4.69) is 4.98 Å². The van der Waals surface area contributed by atoms with Crippen LogP contribution >= 0.6 is 0 Å². The Bertz CT molecular complexity index is 1310. The van der Waals surface area contributed by atoms with Gasteiger partial charge in [0.25, 0.3) is 11.5 Å². The zero-order valence-corrected chi connectivity index (χ0v) is 19.7. The molecular formula is C26H30N4O4. The summed E-state index contributed by atoms with van der Waals surface area (Å²) in [6, 6.07) is 14.9. The van der Waals surface area contributed by atoms with Crippen LogP contribution in [0.25, 0.3) is 6.08 Å². The van der Waals surface area contributed by atoms with Crippen LogP contribution in [0.1, 0.15) is 36.5 Å². The number of aromatic nitrogens is 2. The normalized spacial score (nSPS) is 11.0. The first-order valence-corrected chi connectivity index (χ1v) is 11.2. The summed E-state index contributed by atoms with van der Waals surface area (Å²) >= 11 is 0. The van der Waals surface area contributed by atoms with Gasteiger partial charge in [0.1, 0.15) is 11.6 Å². The van der Waals surface area contributed by atoms with Gasteiger partial charge in [0.05, 0.1) is 13.7 Å². The molecule has 8 heteroatoms. The predicted molar refractivity (Wildman–Crippen MR) is 135 cm³/mol. The molecule has 0 spiro atoms. The van der Waals surface area contributed by atoms with Crippen molar-refractivity contribution in [1.29, 1.82) is 0 Å². The van der Waals surface area contributed by atoms with Gasteiger partial charge in [0.15, 0.2) is 5.69 Å². The Balaban J connectivity index is 2.11. The zero-order chi connectivity index (χ0) is 24.7. The lowest BCUT2D eigenvalue weighted by Gasteiger charge is -2.24. The van der Waals surface area contributed by atoms with E-state index in [1.165, 1.54) is 22.7 Å². The van der Waals surface area contributed by atoms with Gasteiger partial charge in [0, 0.05) is 18.2 Å². The first-order valence-electron chi connectivity index (χ1n) is 11.2. The minimum absolute atomic E-state index is 0.0280. The predicted octanol–water partition coefficient (Wildman–Crippen LogP) is 3.48. The van der Waals surface area contributed by atoms with Crippen LogP contribution in [0.4, 0.5) is 11.5 Å². The SMILES string of the molecule is CCCCn1c(N)c(N(Cc2ccccc2OC)C(=O)/C=C/c2cccc(C)c2)c(=O)[nH]c1=O. The molecule has 0 atom stereocenters. The van der Waals surface area contributed by atoms with E-state index in [1.54, 1.807) is 18.2 Å². The molecule has 0 aliphatic carbocycles. The fourth-order valence-corrected chi connectivity index (χ4v) is 3.68. The van der Waals surface area contributed by atoms with Gasteiger partial charge in [-0.05, 0) is 31.1 Å². The van der Waals surface area contributed by atoms with Crippen molar-refractivity contribution in [2.75, 3.05) is 17.7 Å². The van der Waals surface area contributed by atoms with Gasteiger partial charge in [-0.2, -0.15) is 0 Å².